The number of anilines is 2. The first-order chi connectivity index (χ1) is 17.0. The number of cyclic esters (lactones) is 1. The molecule has 1 fully saturated rings. The highest BCUT2D eigenvalue weighted by Gasteiger charge is 2.33. The van der Waals surface area contributed by atoms with E-state index in [1.807, 2.05) is 12.1 Å². The number of hydrogen-bond acceptors (Lipinski definition) is 6. The molecule has 3 aliphatic heterocycles. The van der Waals surface area contributed by atoms with Crippen LogP contribution in [0.15, 0.2) is 52.2 Å². The average molecular weight is 495 g/mol. The van der Waals surface area contributed by atoms with E-state index in [-0.39, 0.29) is 29.4 Å². The van der Waals surface area contributed by atoms with E-state index in [2.05, 4.69) is 10.6 Å². The molecule has 3 aliphatic rings. The molecule has 2 aromatic carbocycles. The number of hydrogen-bond donors (Lipinski definition) is 2. The monoisotopic (exact) mass is 494 g/mol. The summed E-state index contributed by atoms with van der Waals surface area (Å²) in [6, 6.07) is 11.9. The number of nitrogens with one attached hydrogen (secondary N) is 2. The van der Waals surface area contributed by atoms with Gasteiger partial charge < -0.3 is 19.9 Å². The lowest BCUT2D eigenvalue weighted by molar-refractivity contribution is -0.113. The van der Waals surface area contributed by atoms with Crippen LogP contribution in [-0.4, -0.2) is 47.6 Å². The average Bonchev–Trinajstić information content (AvgIpc) is 3.22. The Hall–Kier alpha value is -3.37. The zero-order valence-corrected chi connectivity index (χ0v) is 19.6. The lowest BCUT2D eigenvalue weighted by Crippen LogP contribution is -2.42. The Labute approximate surface area is 204 Å². The van der Waals surface area contributed by atoms with Crippen LogP contribution in [0.1, 0.15) is 12.0 Å². The number of benzene rings is 2. The molecule has 1 saturated heterocycles. The minimum atomic E-state index is -0.420. The topological polar surface area (TPSA) is 92.7 Å². The first-order valence-corrected chi connectivity index (χ1v) is 12.5. The van der Waals surface area contributed by atoms with E-state index in [1.54, 1.807) is 27.7 Å². The standard InChI is InChI=1S/C25H23FN4O4S/c26-19-4-1-14-2-6-23(32)30-11-15(9-18(19)24(14)30)27-8-7-17-12-29(25(33)34-17)16-3-5-21-20(10-16)28-22(31)13-35-21/h1-6,10,15,17,27H,7-9,11-13H2,(H,28,31)/t15-,17+/m1/s1. The van der Waals surface area contributed by atoms with Crippen LogP contribution in [0.3, 0.4) is 0 Å². The van der Waals surface area contributed by atoms with E-state index < -0.39 is 6.09 Å². The SMILES string of the molecule is O=C1CSc2ccc(N3C[C@H](CCN[C@@H]4Cc5c(F)ccc6ccc(=O)n(c56)C4)OC3=O)cc2N1. The van der Waals surface area contributed by atoms with Gasteiger partial charge in [0.15, 0.2) is 0 Å². The summed E-state index contributed by atoms with van der Waals surface area (Å²) in [4.78, 5) is 39.2. The molecule has 2 N–H and O–H groups in total. The minimum absolute atomic E-state index is 0.0590. The highest BCUT2D eigenvalue weighted by molar-refractivity contribution is 8.00. The fraction of sp³-hybridized carbons (Fsp3) is 0.320. The third-order valence-electron chi connectivity index (χ3n) is 6.73. The molecule has 35 heavy (non-hydrogen) atoms. The summed E-state index contributed by atoms with van der Waals surface area (Å²) < 4.78 is 21.8. The Balaban J connectivity index is 1.09. The van der Waals surface area contributed by atoms with Gasteiger partial charge in [0.25, 0.3) is 5.56 Å². The van der Waals surface area contributed by atoms with E-state index in [0.717, 1.165) is 10.3 Å². The van der Waals surface area contributed by atoms with Crippen LogP contribution >= 0.6 is 11.8 Å². The van der Waals surface area contributed by atoms with Gasteiger partial charge in [-0.1, -0.05) is 0 Å². The highest BCUT2D eigenvalue weighted by Crippen LogP contribution is 2.35. The zero-order valence-electron chi connectivity index (χ0n) is 18.8. The number of rotatable bonds is 5. The van der Waals surface area contributed by atoms with Gasteiger partial charge in [-0.2, -0.15) is 0 Å². The molecule has 2 amide bonds. The van der Waals surface area contributed by atoms with Gasteiger partial charge in [0.1, 0.15) is 11.9 Å². The molecule has 0 aliphatic carbocycles. The predicted octanol–water partition coefficient (Wildman–Crippen LogP) is 3.11. The van der Waals surface area contributed by atoms with Gasteiger partial charge in [-0.05, 0) is 61.2 Å². The van der Waals surface area contributed by atoms with Crippen molar-refractivity contribution in [1.82, 2.24) is 9.88 Å². The maximum atomic E-state index is 14.6. The van der Waals surface area contributed by atoms with Crippen molar-refractivity contribution in [2.24, 2.45) is 0 Å². The predicted molar refractivity (Wildman–Crippen MR) is 132 cm³/mol. The lowest BCUT2D eigenvalue weighted by atomic mass is 9.97. The summed E-state index contributed by atoms with van der Waals surface area (Å²) in [5.74, 6) is 0.0237. The lowest BCUT2D eigenvalue weighted by Gasteiger charge is -2.28. The van der Waals surface area contributed by atoms with Crippen molar-refractivity contribution in [2.45, 2.75) is 36.4 Å². The number of aromatic nitrogens is 1. The number of thioether (sulfide) groups is 1. The second-order valence-corrected chi connectivity index (χ2v) is 10.0. The summed E-state index contributed by atoms with van der Waals surface area (Å²) in [6.45, 7) is 1.42. The molecule has 8 nitrogen and oxygen atoms in total. The molecule has 0 unspecified atom stereocenters. The quantitative estimate of drug-likeness (QED) is 0.566. The number of fused-ring (bicyclic) bond motifs is 1. The fourth-order valence-corrected chi connectivity index (χ4v) is 5.85. The van der Waals surface area contributed by atoms with Crippen molar-refractivity contribution in [3.05, 3.63) is 64.2 Å². The van der Waals surface area contributed by atoms with E-state index in [0.29, 0.717) is 60.7 Å². The van der Waals surface area contributed by atoms with Crippen LogP contribution in [0.25, 0.3) is 10.9 Å². The van der Waals surface area contributed by atoms with E-state index in [9.17, 15) is 18.8 Å². The number of amides is 2. The van der Waals surface area contributed by atoms with Crippen LogP contribution in [0.5, 0.6) is 0 Å². The van der Waals surface area contributed by atoms with Crippen molar-refractivity contribution < 1.29 is 18.7 Å². The second-order valence-electron chi connectivity index (χ2n) is 9.02. The van der Waals surface area contributed by atoms with Crippen LogP contribution in [-0.2, 0) is 22.5 Å². The number of nitrogens with zero attached hydrogens (tertiary/aromatic N) is 2. The number of carbonyl (C=O) groups excluding carboxylic acids is 2. The molecular weight excluding hydrogens is 471 g/mol. The summed E-state index contributed by atoms with van der Waals surface area (Å²) >= 11 is 1.47. The van der Waals surface area contributed by atoms with Crippen molar-refractivity contribution in [3.8, 4) is 0 Å². The first kappa shape index (κ1) is 22.1. The number of halogens is 1. The zero-order chi connectivity index (χ0) is 24.1. The van der Waals surface area contributed by atoms with Gasteiger partial charge in [-0.25, -0.2) is 9.18 Å². The normalized spacial score (nSPS) is 21.1. The molecule has 0 saturated carbocycles. The molecular formula is C25H23FN4O4S. The molecule has 0 spiro atoms. The van der Waals surface area contributed by atoms with E-state index in [1.165, 1.54) is 23.9 Å². The van der Waals surface area contributed by atoms with Gasteiger partial charge >= 0.3 is 6.09 Å². The van der Waals surface area contributed by atoms with Crippen molar-refractivity contribution >= 4 is 46.0 Å². The van der Waals surface area contributed by atoms with E-state index in [4.69, 9.17) is 4.74 Å². The number of pyridine rings is 1. The summed E-state index contributed by atoms with van der Waals surface area (Å²) in [5.41, 5.74) is 2.47. The molecule has 0 bridgehead atoms. The molecule has 4 heterocycles. The second kappa shape index (κ2) is 8.69. The molecule has 1 aromatic heterocycles. The summed E-state index contributed by atoms with van der Waals surface area (Å²) in [6.07, 6.45) is 0.354. The molecule has 2 atom stereocenters. The molecule has 3 aromatic rings. The van der Waals surface area contributed by atoms with Crippen molar-refractivity contribution in [1.29, 1.82) is 0 Å². The Bertz CT molecular complexity index is 1420. The Morgan fingerprint density at radius 3 is 2.86 bits per heavy atom. The highest BCUT2D eigenvalue weighted by atomic mass is 32.2. The van der Waals surface area contributed by atoms with Crippen LogP contribution in [0.4, 0.5) is 20.6 Å². The van der Waals surface area contributed by atoms with Gasteiger partial charge in [-0.15, -0.1) is 11.8 Å². The molecule has 180 valence electrons. The summed E-state index contributed by atoms with van der Waals surface area (Å²) in [7, 11) is 0. The van der Waals surface area contributed by atoms with Crippen molar-refractivity contribution in [3.63, 3.8) is 0 Å². The van der Waals surface area contributed by atoms with Crippen LogP contribution in [0, 0.1) is 5.82 Å². The fourth-order valence-electron chi connectivity index (χ4n) is 5.06. The van der Waals surface area contributed by atoms with E-state index >= 15 is 0 Å². The molecule has 6 rings (SSSR count). The van der Waals surface area contributed by atoms with Gasteiger partial charge in [-0.3, -0.25) is 14.5 Å². The maximum absolute atomic E-state index is 14.6. The van der Waals surface area contributed by atoms with Gasteiger partial charge in [0.05, 0.1) is 23.5 Å². The molecule has 0 radical (unpaired) electrons. The largest absolute Gasteiger partial charge is 0.444 e. The number of ether oxygens (including phenoxy) is 1. The van der Waals surface area contributed by atoms with Crippen LogP contribution in [0.2, 0.25) is 0 Å². The van der Waals surface area contributed by atoms with Gasteiger partial charge in [0, 0.05) is 34.8 Å². The Morgan fingerprint density at radius 1 is 1.11 bits per heavy atom. The third kappa shape index (κ3) is 4.06. The van der Waals surface area contributed by atoms with Crippen molar-refractivity contribution in [2.75, 3.05) is 29.1 Å². The maximum Gasteiger partial charge on any atom is 0.414 e. The Morgan fingerprint density at radius 2 is 1.97 bits per heavy atom. The summed E-state index contributed by atoms with van der Waals surface area (Å²) in [5, 5.41) is 7.12. The number of carbonyl (C=O) groups is 2. The van der Waals surface area contributed by atoms with Crippen LogP contribution < -0.4 is 21.1 Å². The Kier molecular flexibility index (Phi) is 5.49. The smallest absolute Gasteiger partial charge is 0.414 e. The van der Waals surface area contributed by atoms with Gasteiger partial charge in [0.2, 0.25) is 5.91 Å². The third-order valence-corrected chi connectivity index (χ3v) is 7.81. The first-order valence-electron chi connectivity index (χ1n) is 11.6. The molecule has 10 heteroatoms. The minimum Gasteiger partial charge on any atom is -0.444 e.